The summed E-state index contributed by atoms with van der Waals surface area (Å²) in [6.07, 6.45) is 5.16. The second kappa shape index (κ2) is 10.8. The minimum atomic E-state index is -2.01. The number of allylic oxidation sites excluding steroid dienone is 2. The molecule has 1 rings (SSSR count). The lowest BCUT2D eigenvalue weighted by Gasteiger charge is -2.15. The minimum absolute atomic E-state index is 0.127. The molecular formula is C23H30FN3OS. The fourth-order valence-corrected chi connectivity index (χ4v) is 3.03. The van der Waals surface area contributed by atoms with Crippen LogP contribution in [-0.2, 0) is 0 Å². The average molecular weight is 416 g/mol. The normalized spacial score (nSPS) is 14.6. The van der Waals surface area contributed by atoms with Gasteiger partial charge in [-0.1, -0.05) is 43.7 Å². The number of halogens is 1. The lowest BCUT2D eigenvalue weighted by atomic mass is 10.1. The van der Waals surface area contributed by atoms with Gasteiger partial charge in [0.1, 0.15) is 5.75 Å². The van der Waals surface area contributed by atoms with Gasteiger partial charge in [-0.05, 0) is 61.1 Å². The van der Waals surface area contributed by atoms with Crippen molar-refractivity contribution in [2.24, 2.45) is 10.7 Å². The lowest BCUT2D eigenvalue weighted by molar-refractivity contribution is 0.296. The number of hydrogen-bond donors (Lipinski definition) is 3. The Bertz CT molecular complexity index is 877. The third-order valence-electron chi connectivity index (χ3n) is 4.03. The van der Waals surface area contributed by atoms with Crippen LogP contribution in [0.1, 0.15) is 31.9 Å². The molecule has 0 heterocycles. The Labute approximate surface area is 177 Å². The molecule has 4 nitrogen and oxygen atoms in total. The maximum absolute atomic E-state index is 13.8. The van der Waals surface area contributed by atoms with Crippen molar-refractivity contribution in [1.82, 2.24) is 5.32 Å². The highest BCUT2D eigenvalue weighted by Crippen LogP contribution is 2.34. The third-order valence-corrected chi connectivity index (χ3v) is 5.07. The highest BCUT2D eigenvalue weighted by molar-refractivity contribution is 8.11. The fourth-order valence-electron chi connectivity index (χ4n) is 2.29. The molecule has 0 fully saturated rings. The van der Waals surface area contributed by atoms with Gasteiger partial charge in [0, 0.05) is 29.8 Å². The highest BCUT2D eigenvalue weighted by atomic mass is 32.2. The van der Waals surface area contributed by atoms with Crippen LogP contribution in [0, 0.1) is 0 Å². The zero-order valence-corrected chi connectivity index (χ0v) is 18.4. The monoisotopic (exact) mass is 415 g/mol. The number of alkyl halides is 1. The molecule has 1 aromatic rings. The predicted octanol–water partition coefficient (Wildman–Crippen LogP) is 5.41. The standard InChI is InChI=1S/C23H30FN3OS/c1-8-16(3)29-18(5)20-11-19(12-21(28)13-20)17(4)27-14-15(2)9-10-22(26-7)23(6,24)25/h8-13,27-28H,2,4-5,14,25H2,1,3,6-7H3/b10-9-,16-8-,26-22+. The maximum Gasteiger partial charge on any atom is 0.198 e. The molecule has 0 bridgehead atoms. The third kappa shape index (κ3) is 8.13. The van der Waals surface area contributed by atoms with Crippen LogP contribution in [0.5, 0.6) is 5.75 Å². The van der Waals surface area contributed by atoms with E-state index < -0.39 is 5.79 Å². The molecule has 0 amide bonds. The van der Waals surface area contributed by atoms with Crippen LogP contribution < -0.4 is 11.1 Å². The first kappa shape index (κ1) is 24.5. The molecule has 156 valence electrons. The number of aromatic hydroxyl groups is 1. The van der Waals surface area contributed by atoms with Gasteiger partial charge in [0.15, 0.2) is 5.79 Å². The molecule has 29 heavy (non-hydrogen) atoms. The molecule has 1 aromatic carbocycles. The van der Waals surface area contributed by atoms with Crippen molar-refractivity contribution >= 4 is 28.1 Å². The molecule has 0 radical (unpaired) electrons. The van der Waals surface area contributed by atoms with Gasteiger partial charge in [-0.25, -0.2) is 4.39 Å². The van der Waals surface area contributed by atoms with E-state index in [-0.39, 0.29) is 11.5 Å². The number of phenolic OH excluding ortho intramolecular Hbond substituents is 1. The smallest absolute Gasteiger partial charge is 0.198 e. The summed E-state index contributed by atoms with van der Waals surface area (Å²) in [6, 6.07) is 5.21. The zero-order valence-electron chi connectivity index (χ0n) is 17.6. The average Bonchev–Trinajstić information content (AvgIpc) is 2.64. The van der Waals surface area contributed by atoms with E-state index >= 15 is 0 Å². The quantitative estimate of drug-likeness (QED) is 0.272. The number of hydrogen-bond acceptors (Lipinski definition) is 5. The predicted molar refractivity (Wildman–Crippen MR) is 127 cm³/mol. The first-order valence-electron chi connectivity index (χ1n) is 9.06. The fraction of sp³-hybridized carbons (Fsp3) is 0.261. The van der Waals surface area contributed by atoms with E-state index in [1.54, 1.807) is 30.0 Å². The van der Waals surface area contributed by atoms with Crippen LogP contribution >= 0.6 is 11.8 Å². The Balaban J connectivity index is 2.82. The van der Waals surface area contributed by atoms with E-state index in [0.717, 1.165) is 20.9 Å². The molecule has 6 heteroatoms. The van der Waals surface area contributed by atoms with Gasteiger partial charge >= 0.3 is 0 Å². The Kier molecular flexibility index (Phi) is 9.14. The van der Waals surface area contributed by atoms with Gasteiger partial charge in [0.2, 0.25) is 0 Å². The summed E-state index contributed by atoms with van der Waals surface area (Å²) in [7, 11) is 1.48. The largest absolute Gasteiger partial charge is 0.508 e. The van der Waals surface area contributed by atoms with Gasteiger partial charge in [-0.15, -0.1) is 0 Å². The van der Waals surface area contributed by atoms with Crippen molar-refractivity contribution in [3.63, 3.8) is 0 Å². The molecule has 1 unspecified atom stereocenters. The number of nitrogens with zero attached hydrogens (tertiary/aromatic N) is 1. The summed E-state index contributed by atoms with van der Waals surface area (Å²) in [5.41, 5.74) is 8.43. The van der Waals surface area contributed by atoms with E-state index in [2.05, 4.69) is 30.0 Å². The molecule has 0 aliphatic carbocycles. The summed E-state index contributed by atoms with van der Waals surface area (Å²) in [4.78, 5) is 5.80. The van der Waals surface area contributed by atoms with Gasteiger partial charge in [-0.2, -0.15) is 0 Å². The van der Waals surface area contributed by atoms with Crippen molar-refractivity contribution in [2.45, 2.75) is 26.6 Å². The van der Waals surface area contributed by atoms with E-state index in [0.29, 0.717) is 17.8 Å². The van der Waals surface area contributed by atoms with E-state index in [4.69, 9.17) is 5.73 Å². The summed E-state index contributed by atoms with van der Waals surface area (Å²) in [6.45, 7) is 17.6. The van der Waals surface area contributed by atoms with E-state index in [1.165, 1.54) is 20.0 Å². The Hall–Kier alpha value is -2.57. The van der Waals surface area contributed by atoms with E-state index in [9.17, 15) is 9.50 Å². The van der Waals surface area contributed by atoms with Crippen molar-refractivity contribution in [3.8, 4) is 5.75 Å². The molecule has 0 spiro atoms. The van der Waals surface area contributed by atoms with E-state index in [1.807, 2.05) is 26.0 Å². The summed E-state index contributed by atoms with van der Waals surface area (Å²) in [5, 5.41) is 13.2. The van der Waals surface area contributed by atoms with Crippen molar-refractivity contribution in [3.05, 3.63) is 77.8 Å². The summed E-state index contributed by atoms with van der Waals surface area (Å²) < 4.78 is 13.8. The van der Waals surface area contributed by atoms with Crippen molar-refractivity contribution < 1.29 is 9.50 Å². The van der Waals surface area contributed by atoms with Gasteiger partial charge < -0.3 is 10.4 Å². The first-order valence-corrected chi connectivity index (χ1v) is 9.87. The molecule has 0 saturated carbocycles. The molecule has 0 aromatic heterocycles. The SMILES string of the molecule is C=C(/C=C\C(=N/C)C(C)(N)F)CNC(=C)c1cc(O)cc(C(=C)S/C(C)=C\C)c1. The second-order valence-corrected chi connectivity index (χ2v) is 8.04. The Morgan fingerprint density at radius 1 is 1.28 bits per heavy atom. The number of aliphatic imine (C=N–C) groups is 1. The first-order chi connectivity index (χ1) is 13.5. The number of nitrogens with one attached hydrogen (secondary N) is 1. The number of benzene rings is 1. The van der Waals surface area contributed by atoms with Crippen LogP contribution in [0.25, 0.3) is 10.6 Å². The Morgan fingerprint density at radius 2 is 1.90 bits per heavy atom. The Morgan fingerprint density at radius 3 is 2.45 bits per heavy atom. The molecule has 1 atom stereocenters. The highest BCUT2D eigenvalue weighted by Gasteiger charge is 2.21. The number of rotatable bonds is 10. The van der Waals surface area contributed by atoms with Crippen molar-refractivity contribution in [1.29, 1.82) is 0 Å². The topological polar surface area (TPSA) is 70.6 Å². The maximum atomic E-state index is 13.8. The number of nitrogens with two attached hydrogens (primary N) is 1. The van der Waals surface area contributed by atoms with Crippen LogP contribution in [0.3, 0.4) is 0 Å². The van der Waals surface area contributed by atoms with Crippen LogP contribution in [0.15, 0.2) is 71.6 Å². The molecule has 4 N–H and O–H groups in total. The number of thioether (sulfide) groups is 1. The number of phenols is 1. The molecular weight excluding hydrogens is 385 g/mol. The summed E-state index contributed by atoms with van der Waals surface area (Å²) >= 11 is 1.54. The second-order valence-electron chi connectivity index (χ2n) is 6.70. The van der Waals surface area contributed by atoms with Crippen molar-refractivity contribution in [2.75, 3.05) is 13.6 Å². The van der Waals surface area contributed by atoms with Crippen LogP contribution in [0.2, 0.25) is 0 Å². The van der Waals surface area contributed by atoms with Crippen LogP contribution in [0.4, 0.5) is 4.39 Å². The van der Waals surface area contributed by atoms with Gasteiger partial charge in [0.05, 0.1) is 5.71 Å². The minimum Gasteiger partial charge on any atom is -0.508 e. The zero-order chi connectivity index (χ0) is 22.2. The molecule has 0 aliphatic rings. The molecule has 0 saturated heterocycles. The van der Waals surface area contributed by atoms with Gasteiger partial charge in [0.25, 0.3) is 0 Å². The van der Waals surface area contributed by atoms with Gasteiger partial charge in [-0.3, -0.25) is 10.7 Å². The summed E-state index contributed by atoms with van der Waals surface area (Å²) in [5.74, 6) is -1.88. The lowest BCUT2D eigenvalue weighted by Crippen LogP contribution is -2.38. The molecule has 0 aliphatic heterocycles. The van der Waals surface area contributed by atoms with Crippen LogP contribution in [-0.4, -0.2) is 30.2 Å².